The van der Waals surface area contributed by atoms with Crippen molar-refractivity contribution in [3.05, 3.63) is 30.0 Å². The molecule has 1 N–H and O–H groups in total. The Morgan fingerprint density at radius 1 is 1.28 bits per heavy atom. The molecule has 2 amide bonds. The summed E-state index contributed by atoms with van der Waals surface area (Å²) < 4.78 is 7.38. The fraction of sp³-hybridized carbons (Fsp3) is 0.565. The Morgan fingerprint density at radius 3 is 2.72 bits per heavy atom. The minimum atomic E-state index is -0.906. The molecule has 1 saturated carbocycles. The number of hydrogen-bond donors (Lipinski definition) is 1. The lowest BCUT2D eigenvalue weighted by Crippen LogP contribution is -2.64. The molecule has 156 valence electrons. The van der Waals surface area contributed by atoms with Crippen molar-refractivity contribution in [2.24, 2.45) is 0 Å². The maximum Gasteiger partial charge on any atom is 0.271 e. The van der Waals surface area contributed by atoms with E-state index >= 15 is 0 Å². The first-order chi connectivity index (χ1) is 14.0. The molecule has 1 unspecified atom stereocenters. The number of nitrogens with zero attached hydrogens (tertiary/aromatic N) is 2. The topological polar surface area (TPSA) is 63.6 Å². The zero-order valence-corrected chi connectivity index (χ0v) is 17.7. The van der Waals surface area contributed by atoms with E-state index in [0.29, 0.717) is 18.8 Å². The fourth-order valence-corrected chi connectivity index (χ4v) is 4.73. The number of nitrogens with one attached hydrogen (secondary N) is 1. The maximum absolute atomic E-state index is 13.5. The Balaban J connectivity index is 1.75. The van der Waals surface area contributed by atoms with Crippen LogP contribution in [0.2, 0.25) is 0 Å². The van der Waals surface area contributed by atoms with Gasteiger partial charge in [0.2, 0.25) is 5.91 Å². The van der Waals surface area contributed by atoms with Crippen molar-refractivity contribution in [3.8, 4) is 5.75 Å². The molecule has 0 radical (unpaired) electrons. The van der Waals surface area contributed by atoms with Crippen molar-refractivity contribution in [1.82, 2.24) is 14.8 Å². The minimum absolute atomic E-state index is 0.0377. The van der Waals surface area contributed by atoms with E-state index in [-0.39, 0.29) is 17.9 Å². The van der Waals surface area contributed by atoms with Crippen LogP contribution in [0.25, 0.3) is 10.9 Å². The Morgan fingerprint density at radius 2 is 2.03 bits per heavy atom. The van der Waals surface area contributed by atoms with Crippen LogP contribution in [0.3, 0.4) is 0 Å². The summed E-state index contributed by atoms with van der Waals surface area (Å²) >= 11 is 0. The number of ether oxygens (including phenoxy) is 1. The van der Waals surface area contributed by atoms with Gasteiger partial charge in [-0.1, -0.05) is 26.2 Å². The largest absolute Gasteiger partial charge is 0.497 e. The molecule has 0 saturated heterocycles. The predicted octanol–water partition coefficient (Wildman–Crippen LogP) is 3.72. The Hall–Kier alpha value is -2.50. The third-order valence-electron chi connectivity index (χ3n) is 6.55. The van der Waals surface area contributed by atoms with Crippen molar-refractivity contribution in [1.29, 1.82) is 0 Å². The van der Waals surface area contributed by atoms with Gasteiger partial charge in [-0.05, 0) is 44.4 Å². The van der Waals surface area contributed by atoms with Gasteiger partial charge < -0.3 is 19.5 Å². The molecule has 2 aliphatic rings. The van der Waals surface area contributed by atoms with Crippen molar-refractivity contribution in [3.63, 3.8) is 0 Å². The zero-order valence-electron chi connectivity index (χ0n) is 17.7. The number of carbonyl (C=O) groups is 2. The summed E-state index contributed by atoms with van der Waals surface area (Å²) in [4.78, 5) is 28.7. The molecule has 1 aromatic heterocycles. The van der Waals surface area contributed by atoms with E-state index in [2.05, 4.69) is 12.2 Å². The molecule has 1 aliphatic carbocycles. The van der Waals surface area contributed by atoms with Crippen LogP contribution in [-0.4, -0.2) is 46.5 Å². The van der Waals surface area contributed by atoms with Crippen LogP contribution in [0.15, 0.2) is 24.3 Å². The number of methoxy groups -OCH3 is 1. The SMILES string of the molecule is CCCCN1C(=O)c2cc3ccc(OC)cc3n2CC1(C)C(=O)NC1CCCC1. The van der Waals surface area contributed by atoms with Crippen LogP contribution in [0.5, 0.6) is 5.75 Å². The van der Waals surface area contributed by atoms with Crippen LogP contribution in [0.4, 0.5) is 0 Å². The summed E-state index contributed by atoms with van der Waals surface area (Å²) in [6, 6.07) is 7.98. The number of carbonyl (C=O) groups excluding carboxylic acids is 2. The van der Waals surface area contributed by atoms with Crippen LogP contribution >= 0.6 is 0 Å². The fourth-order valence-electron chi connectivity index (χ4n) is 4.73. The van der Waals surface area contributed by atoms with E-state index in [1.807, 2.05) is 35.8 Å². The number of rotatable bonds is 6. The van der Waals surface area contributed by atoms with Gasteiger partial charge in [-0.15, -0.1) is 0 Å². The highest BCUT2D eigenvalue weighted by molar-refractivity contribution is 6.03. The first kappa shape index (κ1) is 19.8. The molecule has 1 aromatic carbocycles. The number of amides is 2. The van der Waals surface area contributed by atoms with Crippen LogP contribution in [0.1, 0.15) is 62.9 Å². The molecule has 0 spiro atoms. The molecule has 2 aromatic rings. The summed E-state index contributed by atoms with van der Waals surface area (Å²) in [6.07, 6.45) is 6.23. The molecule has 4 rings (SSSR count). The van der Waals surface area contributed by atoms with Gasteiger partial charge in [0.15, 0.2) is 0 Å². The van der Waals surface area contributed by atoms with Crippen molar-refractivity contribution in [2.75, 3.05) is 13.7 Å². The predicted molar refractivity (Wildman–Crippen MR) is 113 cm³/mol. The van der Waals surface area contributed by atoms with Gasteiger partial charge in [0.05, 0.1) is 19.2 Å². The molecule has 0 bridgehead atoms. The summed E-state index contributed by atoms with van der Waals surface area (Å²) in [6.45, 7) is 5.06. The molecule has 1 fully saturated rings. The molecule has 1 atom stereocenters. The lowest BCUT2D eigenvalue weighted by Gasteiger charge is -2.44. The highest BCUT2D eigenvalue weighted by Gasteiger charge is 2.47. The third kappa shape index (κ3) is 3.38. The summed E-state index contributed by atoms with van der Waals surface area (Å²) in [5, 5.41) is 4.23. The number of fused-ring (bicyclic) bond motifs is 3. The number of benzene rings is 1. The number of hydrogen-bond acceptors (Lipinski definition) is 3. The third-order valence-corrected chi connectivity index (χ3v) is 6.55. The average Bonchev–Trinajstić information content (AvgIpc) is 3.35. The van der Waals surface area contributed by atoms with Gasteiger partial charge >= 0.3 is 0 Å². The van der Waals surface area contributed by atoms with Crippen LogP contribution in [0, 0.1) is 0 Å². The highest BCUT2D eigenvalue weighted by Crippen LogP contribution is 2.34. The van der Waals surface area contributed by atoms with Gasteiger partial charge in [0.25, 0.3) is 5.91 Å². The van der Waals surface area contributed by atoms with E-state index in [4.69, 9.17) is 4.74 Å². The van der Waals surface area contributed by atoms with Gasteiger partial charge in [-0.3, -0.25) is 9.59 Å². The second-order valence-corrected chi connectivity index (χ2v) is 8.58. The zero-order chi connectivity index (χ0) is 20.6. The maximum atomic E-state index is 13.5. The molecule has 2 heterocycles. The van der Waals surface area contributed by atoms with Crippen LogP contribution < -0.4 is 10.1 Å². The van der Waals surface area contributed by atoms with E-state index in [1.165, 1.54) is 0 Å². The highest BCUT2D eigenvalue weighted by atomic mass is 16.5. The molecule has 6 heteroatoms. The van der Waals surface area contributed by atoms with E-state index < -0.39 is 5.54 Å². The monoisotopic (exact) mass is 397 g/mol. The first-order valence-corrected chi connectivity index (χ1v) is 10.8. The quantitative estimate of drug-likeness (QED) is 0.808. The molecule has 6 nitrogen and oxygen atoms in total. The van der Waals surface area contributed by atoms with E-state index in [0.717, 1.165) is 55.2 Å². The smallest absolute Gasteiger partial charge is 0.271 e. The van der Waals surface area contributed by atoms with Gasteiger partial charge in [-0.2, -0.15) is 0 Å². The standard InChI is InChI=1S/C23H31N3O3/c1-4-5-12-26-21(27)20-13-16-10-11-18(29-3)14-19(16)25(20)15-23(26,2)22(28)24-17-8-6-7-9-17/h10-11,13-14,17H,4-9,12,15H2,1-3H3,(H,24,28). The van der Waals surface area contributed by atoms with Gasteiger partial charge in [-0.25, -0.2) is 0 Å². The lowest BCUT2D eigenvalue weighted by atomic mass is 9.93. The molecule has 29 heavy (non-hydrogen) atoms. The average molecular weight is 398 g/mol. The Bertz CT molecular complexity index is 929. The Labute approximate surface area is 172 Å². The summed E-state index contributed by atoms with van der Waals surface area (Å²) in [5.74, 6) is 0.643. The first-order valence-electron chi connectivity index (χ1n) is 10.8. The van der Waals surface area contributed by atoms with E-state index in [1.54, 1.807) is 12.0 Å². The van der Waals surface area contributed by atoms with Crippen molar-refractivity contribution < 1.29 is 14.3 Å². The minimum Gasteiger partial charge on any atom is -0.497 e. The Kier molecular flexibility index (Phi) is 5.28. The summed E-state index contributed by atoms with van der Waals surface area (Å²) in [5.41, 5.74) is 0.676. The molecular formula is C23H31N3O3. The normalized spacial score (nSPS) is 22.2. The molecular weight excluding hydrogens is 366 g/mol. The second kappa shape index (κ2) is 7.73. The van der Waals surface area contributed by atoms with Crippen molar-refractivity contribution >= 4 is 22.7 Å². The van der Waals surface area contributed by atoms with Gasteiger partial charge in [0.1, 0.15) is 17.0 Å². The van der Waals surface area contributed by atoms with E-state index in [9.17, 15) is 9.59 Å². The van der Waals surface area contributed by atoms with Gasteiger partial charge in [0, 0.05) is 24.0 Å². The number of aromatic nitrogens is 1. The van der Waals surface area contributed by atoms with Crippen molar-refractivity contribution in [2.45, 2.75) is 70.5 Å². The summed E-state index contributed by atoms with van der Waals surface area (Å²) in [7, 11) is 1.64. The lowest BCUT2D eigenvalue weighted by molar-refractivity contribution is -0.133. The van der Waals surface area contributed by atoms with Crippen LogP contribution in [-0.2, 0) is 11.3 Å². The second-order valence-electron chi connectivity index (χ2n) is 8.58. The molecule has 1 aliphatic heterocycles. The number of unbranched alkanes of at least 4 members (excludes halogenated alkanes) is 1.